The van der Waals surface area contributed by atoms with Crippen LogP contribution in [-0.2, 0) is 16.0 Å². The molecule has 1 fully saturated rings. The number of urea groups is 1. The van der Waals surface area contributed by atoms with Crippen LogP contribution >= 0.6 is 0 Å². The molecule has 0 saturated carbocycles. The van der Waals surface area contributed by atoms with Crippen LogP contribution in [0, 0.1) is 20.8 Å². The topological polar surface area (TPSA) is 66.5 Å². The van der Waals surface area contributed by atoms with Crippen molar-refractivity contribution in [2.45, 2.75) is 27.2 Å². The highest BCUT2D eigenvalue weighted by molar-refractivity contribution is 6.39. The first-order valence-corrected chi connectivity index (χ1v) is 10.5. The second-order valence-corrected chi connectivity index (χ2v) is 8.12. The molecule has 0 unspecified atom stereocenters. The number of nitrogens with one attached hydrogen (secondary N) is 1. The summed E-state index contributed by atoms with van der Waals surface area (Å²) in [6.45, 7) is 5.94. The van der Waals surface area contributed by atoms with E-state index >= 15 is 0 Å². The number of anilines is 1. The average molecular weight is 425 g/mol. The monoisotopic (exact) mass is 424 g/mol. The Kier molecular flexibility index (Phi) is 5.73. The Morgan fingerprint density at radius 3 is 2.22 bits per heavy atom. The number of para-hydroxylation sites is 1. The van der Waals surface area contributed by atoms with E-state index in [9.17, 15) is 14.4 Å². The van der Waals surface area contributed by atoms with E-state index in [4.69, 9.17) is 0 Å². The fourth-order valence-corrected chi connectivity index (χ4v) is 4.07. The quantitative estimate of drug-likeness (QED) is 0.480. The highest BCUT2D eigenvalue weighted by Gasteiger charge is 2.37. The Labute approximate surface area is 187 Å². The maximum atomic E-state index is 13.2. The van der Waals surface area contributed by atoms with Gasteiger partial charge in [0.05, 0.1) is 5.69 Å². The van der Waals surface area contributed by atoms with Gasteiger partial charge in [0.15, 0.2) is 0 Å². The van der Waals surface area contributed by atoms with Crippen molar-refractivity contribution in [3.05, 3.63) is 106 Å². The number of carbonyl (C=O) groups is 3. The molecule has 3 aromatic rings. The molecule has 4 rings (SSSR count). The third-order valence-electron chi connectivity index (χ3n) is 5.49. The molecule has 1 N–H and O–H groups in total. The highest BCUT2D eigenvalue weighted by Crippen LogP contribution is 2.26. The predicted molar refractivity (Wildman–Crippen MR) is 125 cm³/mol. The molecular weight excluding hydrogens is 400 g/mol. The Hall–Kier alpha value is -3.99. The fourth-order valence-electron chi connectivity index (χ4n) is 4.07. The van der Waals surface area contributed by atoms with Gasteiger partial charge in [-0.2, -0.15) is 0 Å². The van der Waals surface area contributed by atoms with Crippen LogP contribution in [0.4, 0.5) is 10.5 Å². The van der Waals surface area contributed by atoms with E-state index in [0.29, 0.717) is 12.1 Å². The van der Waals surface area contributed by atoms with E-state index in [1.165, 1.54) is 11.1 Å². The van der Waals surface area contributed by atoms with Gasteiger partial charge in [-0.15, -0.1) is 0 Å². The second-order valence-electron chi connectivity index (χ2n) is 8.12. The minimum atomic E-state index is -0.741. The standard InChI is InChI=1S/C27H24N2O3/c1-17-12-18(2)14-20(13-17)15-21-9-5-6-10-22(21)16-23-25(30)28-27(32)29(26(23)31)24-11-7-4-8-19(24)3/h4-14,16H,15H2,1-3H3,(H,28,30,32)/b23-16+. The van der Waals surface area contributed by atoms with Crippen LogP contribution in [0.1, 0.15) is 33.4 Å². The Morgan fingerprint density at radius 1 is 0.844 bits per heavy atom. The molecule has 0 radical (unpaired) electrons. The third-order valence-corrected chi connectivity index (χ3v) is 5.49. The van der Waals surface area contributed by atoms with Crippen LogP contribution in [0.3, 0.4) is 0 Å². The number of rotatable bonds is 4. The van der Waals surface area contributed by atoms with Crippen molar-refractivity contribution in [2.24, 2.45) is 0 Å². The summed E-state index contributed by atoms with van der Waals surface area (Å²) in [5.74, 6) is -1.32. The van der Waals surface area contributed by atoms with E-state index in [1.807, 2.05) is 43.3 Å². The van der Waals surface area contributed by atoms with Gasteiger partial charge < -0.3 is 0 Å². The van der Waals surface area contributed by atoms with Gasteiger partial charge in [0.2, 0.25) is 0 Å². The van der Waals surface area contributed by atoms with Gasteiger partial charge in [-0.25, -0.2) is 9.69 Å². The zero-order valence-electron chi connectivity index (χ0n) is 18.3. The normalized spacial score (nSPS) is 15.3. The smallest absolute Gasteiger partial charge is 0.273 e. The third kappa shape index (κ3) is 4.23. The van der Waals surface area contributed by atoms with Crippen molar-refractivity contribution in [2.75, 3.05) is 4.90 Å². The fraction of sp³-hybridized carbons (Fsp3) is 0.148. The number of hydrogen-bond donors (Lipinski definition) is 1. The molecule has 1 aliphatic heterocycles. The van der Waals surface area contributed by atoms with Crippen LogP contribution < -0.4 is 10.2 Å². The minimum Gasteiger partial charge on any atom is -0.273 e. The molecule has 4 amide bonds. The highest BCUT2D eigenvalue weighted by atomic mass is 16.2. The summed E-state index contributed by atoms with van der Waals surface area (Å²) >= 11 is 0. The summed E-state index contributed by atoms with van der Waals surface area (Å²) in [5.41, 5.74) is 6.44. The summed E-state index contributed by atoms with van der Waals surface area (Å²) in [6.07, 6.45) is 2.24. The summed E-state index contributed by atoms with van der Waals surface area (Å²) in [7, 11) is 0. The van der Waals surface area contributed by atoms with Crippen LogP contribution in [0.25, 0.3) is 6.08 Å². The second kappa shape index (κ2) is 8.63. The maximum Gasteiger partial charge on any atom is 0.335 e. The van der Waals surface area contributed by atoms with Crippen LogP contribution in [0.5, 0.6) is 0 Å². The maximum absolute atomic E-state index is 13.2. The molecule has 0 spiro atoms. The lowest BCUT2D eigenvalue weighted by atomic mass is 9.95. The number of aryl methyl sites for hydroxylation is 3. The number of carbonyl (C=O) groups excluding carboxylic acids is 3. The number of barbiturate groups is 1. The summed E-state index contributed by atoms with van der Waals surface area (Å²) in [5, 5.41) is 2.30. The average Bonchev–Trinajstić information content (AvgIpc) is 2.73. The van der Waals surface area contributed by atoms with Gasteiger partial charge in [-0.1, -0.05) is 71.8 Å². The number of imide groups is 2. The molecule has 1 saturated heterocycles. The van der Waals surface area contributed by atoms with Crippen LogP contribution in [-0.4, -0.2) is 17.8 Å². The van der Waals surface area contributed by atoms with E-state index < -0.39 is 17.8 Å². The zero-order valence-corrected chi connectivity index (χ0v) is 18.3. The zero-order chi connectivity index (χ0) is 22.8. The molecule has 32 heavy (non-hydrogen) atoms. The first kappa shape index (κ1) is 21.2. The first-order valence-electron chi connectivity index (χ1n) is 10.5. The Balaban J connectivity index is 1.73. The van der Waals surface area contributed by atoms with Gasteiger partial charge in [0.25, 0.3) is 11.8 Å². The summed E-state index contributed by atoms with van der Waals surface area (Å²) in [6, 6.07) is 20.4. The lowest BCUT2D eigenvalue weighted by molar-refractivity contribution is -0.122. The van der Waals surface area contributed by atoms with Crippen LogP contribution in [0.15, 0.2) is 72.3 Å². The van der Waals surface area contributed by atoms with Gasteiger partial charge in [-0.05, 0) is 61.6 Å². The SMILES string of the molecule is Cc1cc(C)cc(Cc2ccccc2/C=C2\C(=O)NC(=O)N(c3ccccc3C)C2=O)c1. The van der Waals surface area contributed by atoms with Crippen molar-refractivity contribution in [3.63, 3.8) is 0 Å². The lowest BCUT2D eigenvalue weighted by Crippen LogP contribution is -2.54. The van der Waals surface area contributed by atoms with E-state index in [-0.39, 0.29) is 5.57 Å². The number of hydrogen-bond acceptors (Lipinski definition) is 3. The molecule has 1 aliphatic rings. The molecule has 5 heteroatoms. The summed E-state index contributed by atoms with van der Waals surface area (Å²) < 4.78 is 0. The first-order chi connectivity index (χ1) is 15.3. The van der Waals surface area contributed by atoms with Crippen molar-refractivity contribution < 1.29 is 14.4 Å². The van der Waals surface area contributed by atoms with Gasteiger partial charge in [0, 0.05) is 0 Å². The molecule has 160 valence electrons. The molecule has 0 atom stereocenters. The van der Waals surface area contributed by atoms with Gasteiger partial charge in [0.1, 0.15) is 5.57 Å². The predicted octanol–water partition coefficient (Wildman–Crippen LogP) is 4.87. The largest absolute Gasteiger partial charge is 0.335 e. The van der Waals surface area contributed by atoms with Gasteiger partial charge in [-0.3, -0.25) is 14.9 Å². The van der Waals surface area contributed by atoms with Crippen molar-refractivity contribution >= 4 is 29.6 Å². The van der Waals surface area contributed by atoms with E-state index in [1.54, 1.807) is 18.2 Å². The molecule has 3 aromatic carbocycles. The van der Waals surface area contributed by atoms with E-state index in [0.717, 1.165) is 27.2 Å². The molecule has 0 bridgehead atoms. The Morgan fingerprint density at radius 2 is 1.50 bits per heavy atom. The minimum absolute atomic E-state index is 0.0688. The molecular formula is C27H24N2O3. The van der Waals surface area contributed by atoms with Crippen LogP contribution in [0.2, 0.25) is 0 Å². The number of amides is 4. The van der Waals surface area contributed by atoms with E-state index in [2.05, 4.69) is 37.4 Å². The summed E-state index contributed by atoms with van der Waals surface area (Å²) in [4.78, 5) is 39.3. The van der Waals surface area contributed by atoms with Crippen molar-refractivity contribution in [1.29, 1.82) is 0 Å². The van der Waals surface area contributed by atoms with Crippen molar-refractivity contribution in [3.8, 4) is 0 Å². The Bertz CT molecular complexity index is 1250. The number of benzene rings is 3. The van der Waals surface area contributed by atoms with Crippen molar-refractivity contribution in [1.82, 2.24) is 5.32 Å². The molecule has 0 aliphatic carbocycles. The lowest BCUT2D eigenvalue weighted by Gasteiger charge is -2.27. The molecule has 5 nitrogen and oxygen atoms in total. The molecule has 0 aromatic heterocycles. The molecule has 1 heterocycles. The van der Waals surface area contributed by atoms with Gasteiger partial charge >= 0.3 is 6.03 Å². The number of nitrogens with zero attached hydrogens (tertiary/aromatic N) is 1.